The first kappa shape index (κ1) is 9.51. The first-order valence-electron chi connectivity index (χ1n) is 4.03. The normalized spacial score (nSPS) is 26.9. The van der Waals surface area contributed by atoms with Crippen molar-refractivity contribution in [2.24, 2.45) is 0 Å². The average molecular weight is 191 g/mol. The van der Waals surface area contributed by atoms with Crippen molar-refractivity contribution in [3.05, 3.63) is 0 Å². The van der Waals surface area contributed by atoms with Crippen molar-refractivity contribution in [3.8, 4) is 0 Å². The molecule has 0 aromatic heterocycles. The van der Waals surface area contributed by atoms with Crippen LogP contribution in [0.15, 0.2) is 0 Å². The second kappa shape index (κ2) is 3.43. The van der Waals surface area contributed by atoms with Gasteiger partial charge in [0.15, 0.2) is 9.84 Å². The molecule has 70 valence electrons. The molecule has 0 bridgehead atoms. The Bertz CT molecular complexity index is 270. The van der Waals surface area contributed by atoms with Crippen LogP contribution in [0.4, 0.5) is 0 Å². The Morgan fingerprint density at radius 3 is 2.67 bits per heavy atom. The van der Waals surface area contributed by atoms with Crippen molar-refractivity contribution < 1.29 is 13.2 Å². The molecule has 1 saturated heterocycles. The number of amides is 1. The van der Waals surface area contributed by atoms with E-state index in [1.54, 1.807) is 6.92 Å². The van der Waals surface area contributed by atoms with Crippen LogP contribution < -0.4 is 5.32 Å². The van der Waals surface area contributed by atoms with Gasteiger partial charge < -0.3 is 5.32 Å². The Morgan fingerprint density at radius 1 is 1.58 bits per heavy atom. The number of carbonyl (C=O) groups excluding carboxylic acids is 1. The van der Waals surface area contributed by atoms with Crippen LogP contribution in [0.25, 0.3) is 0 Å². The zero-order chi connectivity index (χ0) is 9.19. The van der Waals surface area contributed by atoms with Gasteiger partial charge in [0.2, 0.25) is 5.91 Å². The van der Waals surface area contributed by atoms with Gasteiger partial charge in [0.1, 0.15) is 0 Å². The van der Waals surface area contributed by atoms with Crippen LogP contribution in [0.3, 0.4) is 0 Å². The van der Waals surface area contributed by atoms with Crippen LogP contribution in [0.5, 0.6) is 0 Å². The van der Waals surface area contributed by atoms with Crippen molar-refractivity contribution in [1.29, 1.82) is 0 Å². The second-order valence-electron chi connectivity index (χ2n) is 3.02. The summed E-state index contributed by atoms with van der Waals surface area (Å²) in [6.45, 7) is 1.75. The number of hydrogen-bond donors (Lipinski definition) is 1. The van der Waals surface area contributed by atoms with Gasteiger partial charge in [-0.3, -0.25) is 4.79 Å². The average Bonchev–Trinajstić information content (AvgIpc) is 2.30. The summed E-state index contributed by atoms with van der Waals surface area (Å²) in [5, 5.41) is 2.67. The van der Waals surface area contributed by atoms with Gasteiger partial charge in [-0.05, 0) is 6.42 Å². The Hall–Kier alpha value is -0.580. The summed E-state index contributed by atoms with van der Waals surface area (Å²) in [7, 11) is -2.86. The number of rotatable bonds is 2. The molecule has 1 unspecified atom stereocenters. The lowest BCUT2D eigenvalue weighted by molar-refractivity contribution is -0.121. The summed E-state index contributed by atoms with van der Waals surface area (Å²) in [4.78, 5) is 10.9. The third-order valence-corrected chi connectivity index (χ3v) is 3.69. The quantitative estimate of drug-likeness (QED) is 0.651. The minimum Gasteiger partial charge on any atom is -0.352 e. The lowest BCUT2D eigenvalue weighted by Gasteiger charge is -2.08. The van der Waals surface area contributed by atoms with Crippen molar-refractivity contribution in [2.75, 3.05) is 11.5 Å². The molecule has 1 fully saturated rings. The molecule has 0 aromatic rings. The van der Waals surface area contributed by atoms with Gasteiger partial charge in [0, 0.05) is 12.5 Å². The molecule has 4 nitrogen and oxygen atoms in total. The Labute approximate surface area is 72.3 Å². The van der Waals surface area contributed by atoms with Gasteiger partial charge in [-0.2, -0.15) is 0 Å². The largest absolute Gasteiger partial charge is 0.352 e. The summed E-state index contributed by atoms with van der Waals surface area (Å²) < 4.78 is 21.9. The highest BCUT2D eigenvalue weighted by Crippen LogP contribution is 2.10. The Kier molecular flexibility index (Phi) is 2.72. The monoisotopic (exact) mass is 191 g/mol. The van der Waals surface area contributed by atoms with Crippen LogP contribution >= 0.6 is 0 Å². The predicted octanol–water partition coefficient (Wildman–Crippen LogP) is -0.300. The van der Waals surface area contributed by atoms with Gasteiger partial charge in [-0.25, -0.2) is 8.42 Å². The minimum absolute atomic E-state index is 0.0721. The smallest absolute Gasteiger partial charge is 0.219 e. The Morgan fingerprint density at radius 2 is 2.25 bits per heavy atom. The SMILES string of the molecule is CCC(=O)NC1CCS(=O)(=O)C1. The van der Waals surface area contributed by atoms with Gasteiger partial charge in [0.25, 0.3) is 0 Å². The molecule has 1 aliphatic rings. The minimum atomic E-state index is -2.86. The zero-order valence-electron chi connectivity index (χ0n) is 7.04. The number of carbonyl (C=O) groups is 1. The van der Waals surface area contributed by atoms with E-state index in [-0.39, 0.29) is 23.5 Å². The third-order valence-electron chi connectivity index (χ3n) is 1.92. The summed E-state index contributed by atoms with van der Waals surface area (Å²) >= 11 is 0. The molecule has 0 radical (unpaired) electrons. The van der Waals surface area contributed by atoms with E-state index in [1.165, 1.54) is 0 Å². The van der Waals surface area contributed by atoms with Crippen LogP contribution in [0.2, 0.25) is 0 Å². The molecule has 0 spiro atoms. The molecule has 0 aromatic carbocycles. The van der Waals surface area contributed by atoms with Gasteiger partial charge in [-0.15, -0.1) is 0 Å². The molecule has 1 N–H and O–H groups in total. The van der Waals surface area contributed by atoms with E-state index < -0.39 is 9.84 Å². The lowest BCUT2D eigenvalue weighted by atomic mass is 10.2. The van der Waals surface area contributed by atoms with Crippen LogP contribution in [0, 0.1) is 0 Å². The summed E-state index contributed by atoms with van der Waals surface area (Å²) in [6.07, 6.45) is 0.977. The second-order valence-corrected chi connectivity index (χ2v) is 5.25. The Balaban J connectivity index is 2.43. The fourth-order valence-corrected chi connectivity index (χ4v) is 2.91. The molecule has 5 heteroatoms. The topological polar surface area (TPSA) is 63.2 Å². The fourth-order valence-electron chi connectivity index (χ4n) is 1.24. The van der Waals surface area contributed by atoms with E-state index in [0.29, 0.717) is 12.8 Å². The molecule has 1 aliphatic heterocycles. The van der Waals surface area contributed by atoms with E-state index in [9.17, 15) is 13.2 Å². The first-order valence-corrected chi connectivity index (χ1v) is 5.85. The third kappa shape index (κ3) is 2.48. The number of hydrogen-bond acceptors (Lipinski definition) is 3. The molecule has 1 heterocycles. The molecule has 1 amide bonds. The molecule has 0 aliphatic carbocycles. The van der Waals surface area contributed by atoms with Gasteiger partial charge in [0.05, 0.1) is 11.5 Å². The standard InChI is InChI=1S/C7H13NO3S/c1-2-7(9)8-6-3-4-12(10,11)5-6/h6H,2-5H2,1H3,(H,8,9). The van der Waals surface area contributed by atoms with E-state index >= 15 is 0 Å². The van der Waals surface area contributed by atoms with Crippen LogP contribution in [0.1, 0.15) is 19.8 Å². The first-order chi connectivity index (χ1) is 5.53. The van der Waals surface area contributed by atoms with Crippen molar-refractivity contribution in [2.45, 2.75) is 25.8 Å². The molecule has 12 heavy (non-hydrogen) atoms. The van der Waals surface area contributed by atoms with E-state index in [2.05, 4.69) is 5.32 Å². The molecule has 1 rings (SSSR count). The van der Waals surface area contributed by atoms with Gasteiger partial charge in [-0.1, -0.05) is 6.92 Å². The van der Waals surface area contributed by atoms with E-state index in [1.807, 2.05) is 0 Å². The number of nitrogens with one attached hydrogen (secondary N) is 1. The van der Waals surface area contributed by atoms with Gasteiger partial charge >= 0.3 is 0 Å². The van der Waals surface area contributed by atoms with Crippen LogP contribution in [-0.4, -0.2) is 31.9 Å². The predicted molar refractivity (Wildman–Crippen MR) is 45.5 cm³/mol. The molecule has 1 atom stereocenters. The highest BCUT2D eigenvalue weighted by Gasteiger charge is 2.28. The summed E-state index contributed by atoms with van der Waals surface area (Å²) in [6, 6.07) is -0.151. The zero-order valence-corrected chi connectivity index (χ0v) is 7.86. The number of sulfone groups is 1. The molecular weight excluding hydrogens is 178 g/mol. The maximum atomic E-state index is 11.0. The van der Waals surface area contributed by atoms with Crippen molar-refractivity contribution >= 4 is 15.7 Å². The fraction of sp³-hybridized carbons (Fsp3) is 0.857. The molecular formula is C7H13NO3S. The van der Waals surface area contributed by atoms with E-state index in [4.69, 9.17) is 0 Å². The van der Waals surface area contributed by atoms with Crippen LogP contribution in [-0.2, 0) is 14.6 Å². The summed E-state index contributed by atoms with van der Waals surface area (Å²) in [5.41, 5.74) is 0. The highest BCUT2D eigenvalue weighted by atomic mass is 32.2. The summed E-state index contributed by atoms with van der Waals surface area (Å²) in [5.74, 6) is 0.248. The maximum absolute atomic E-state index is 11.0. The molecule has 0 saturated carbocycles. The maximum Gasteiger partial charge on any atom is 0.219 e. The van der Waals surface area contributed by atoms with Crippen molar-refractivity contribution in [1.82, 2.24) is 5.32 Å². The lowest BCUT2D eigenvalue weighted by Crippen LogP contribution is -2.34. The van der Waals surface area contributed by atoms with Crippen molar-refractivity contribution in [3.63, 3.8) is 0 Å². The highest BCUT2D eigenvalue weighted by molar-refractivity contribution is 7.91. The van der Waals surface area contributed by atoms with E-state index in [0.717, 1.165) is 0 Å².